The fraction of sp³-hybridized carbons (Fsp3) is 0.500. The van der Waals surface area contributed by atoms with Crippen molar-refractivity contribution in [1.29, 1.82) is 0 Å². The lowest BCUT2D eigenvalue weighted by Crippen LogP contribution is -2.33. The summed E-state index contributed by atoms with van der Waals surface area (Å²) in [7, 11) is 1.91. The lowest BCUT2D eigenvalue weighted by Gasteiger charge is -2.31. The molecule has 0 bridgehead atoms. The minimum Gasteiger partial charge on any atom is -0.397 e. The molecule has 0 aliphatic rings. The van der Waals surface area contributed by atoms with Crippen molar-refractivity contribution in [2.75, 3.05) is 17.7 Å². The molecule has 1 atom stereocenters. The highest BCUT2D eigenvalue weighted by molar-refractivity contribution is 6.31. The smallest absolute Gasteiger partial charge is 0.144 e. The highest BCUT2D eigenvalue weighted by Gasteiger charge is 2.17. The van der Waals surface area contributed by atoms with Gasteiger partial charge in [-0.15, -0.1) is 0 Å². The van der Waals surface area contributed by atoms with Crippen molar-refractivity contribution in [3.8, 4) is 0 Å². The summed E-state index contributed by atoms with van der Waals surface area (Å²) in [4.78, 5) is 1.97. The fourth-order valence-corrected chi connectivity index (χ4v) is 1.70. The summed E-state index contributed by atoms with van der Waals surface area (Å²) >= 11 is 5.66. The highest BCUT2D eigenvalue weighted by atomic mass is 35.5. The number of nitrogens with zero attached hydrogens (tertiary/aromatic N) is 1. The molecule has 0 aliphatic carbocycles. The molecular weight excluding hydrogens is 227 g/mol. The Kier molecular flexibility index (Phi) is 4.03. The standard InChI is InChI=1S/C12H18ClFN2/c1-7(2)8(3)16(4)12-6-10(14)9(13)5-11(12)15/h5-8H,15H2,1-4H3. The van der Waals surface area contributed by atoms with Gasteiger partial charge in [0, 0.05) is 19.2 Å². The Morgan fingerprint density at radius 1 is 1.31 bits per heavy atom. The largest absolute Gasteiger partial charge is 0.397 e. The Bertz CT molecular complexity index is 380. The monoisotopic (exact) mass is 244 g/mol. The number of nitrogens with two attached hydrogens (primary N) is 1. The van der Waals surface area contributed by atoms with Crippen molar-refractivity contribution in [2.24, 2.45) is 5.92 Å². The van der Waals surface area contributed by atoms with Crippen LogP contribution in [0, 0.1) is 11.7 Å². The molecule has 0 aromatic heterocycles. The Balaban J connectivity index is 3.08. The van der Waals surface area contributed by atoms with Gasteiger partial charge < -0.3 is 10.6 Å². The Labute approximate surface area is 101 Å². The van der Waals surface area contributed by atoms with Crippen LogP contribution in [0.15, 0.2) is 12.1 Å². The van der Waals surface area contributed by atoms with Gasteiger partial charge in [0.2, 0.25) is 0 Å². The summed E-state index contributed by atoms with van der Waals surface area (Å²) in [6.07, 6.45) is 0. The summed E-state index contributed by atoms with van der Waals surface area (Å²) < 4.78 is 13.4. The average Bonchev–Trinajstić information content (AvgIpc) is 2.21. The second kappa shape index (κ2) is 4.91. The molecule has 0 fully saturated rings. The van der Waals surface area contributed by atoms with E-state index in [1.54, 1.807) is 0 Å². The third-order valence-corrected chi connectivity index (χ3v) is 3.31. The van der Waals surface area contributed by atoms with E-state index in [1.165, 1.54) is 12.1 Å². The second-order valence-corrected chi connectivity index (χ2v) is 4.83. The minimum atomic E-state index is -0.436. The maximum absolute atomic E-state index is 13.4. The molecule has 16 heavy (non-hydrogen) atoms. The van der Waals surface area contributed by atoms with Gasteiger partial charge in [0.05, 0.1) is 16.4 Å². The molecule has 90 valence electrons. The van der Waals surface area contributed by atoms with E-state index >= 15 is 0 Å². The van der Waals surface area contributed by atoms with E-state index in [2.05, 4.69) is 20.8 Å². The van der Waals surface area contributed by atoms with Crippen LogP contribution in [0.25, 0.3) is 0 Å². The van der Waals surface area contributed by atoms with Crippen LogP contribution in [0.5, 0.6) is 0 Å². The topological polar surface area (TPSA) is 29.3 Å². The number of hydrogen-bond donors (Lipinski definition) is 1. The molecule has 1 unspecified atom stereocenters. The van der Waals surface area contributed by atoms with Crippen LogP contribution < -0.4 is 10.6 Å². The number of anilines is 2. The van der Waals surface area contributed by atoms with E-state index < -0.39 is 5.82 Å². The molecule has 4 heteroatoms. The first-order valence-corrected chi connectivity index (χ1v) is 5.69. The zero-order valence-electron chi connectivity index (χ0n) is 10.1. The second-order valence-electron chi connectivity index (χ2n) is 4.42. The van der Waals surface area contributed by atoms with Crippen LogP contribution in [0.2, 0.25) is 5.02 Å². The van der Waals surface area contributed by atoms with Crippen molar-refractivity contribution in [3.05, 3.63) is 23.0 Å². The summed E-state index contributed by atoms with van der Waals surface area (Å²) in [6.45, 7) is 6.31. The first-order valence-electron chi connectivity index (χ1n) is 5.32. The predicted molar refractivity (Wildman–Crippen MR) is 68.5 cm³/mol. The Morgan fingerprint density at radius 2 is 1.88 bits per heavy atom. The van der Waals surface area contributed by atoms with Gasteiger partial charge in [-0.05, 0) is 18.9 Å². The van der Waals surface area contributed by atoms with Gasteiger partial charge >= 0.3 is 0 Å². The van der Waals surface area contributed by atoms with Crippen molar-refractivity contribution in [3.63, 3.8) is 0 Å². The SMILES string of the molecule is CC(C)C(C)N(C)c1cc(F)c(Cl)cc1N. The number of hydrogen-bond acceptors (Lipinski definition) is 2. The van der Waals surface area contributed by atoms with Crippen molar-refractivity contribution < 1.29 is 4.39 Å². The molecule has 1 aromatic carbocycles. The zero-order chi connectivity index (χ0) is 12.5. The van der Waals surface area contributed by atoms with Crippen LogP contribution in [0.1, 0.15) is 20.8 Å². The third kappa shape index (κ3) is 2.59. The first-order chi connectivity index (χ1) is 7.34. The molecule has 0 saturated heterocycles. The molecule has 1 aromatic rings. The highest BCUT2D eigenvalue weighted by Crippen LogP contribution is 2.30. The van der Waals surface area contributed by atoms with Crippen LogP contribution in [-0.4, -0.2) is 13.1 Å². The normalized spacial score (nSPS) is 12.9. The van der Waals surface area contributed by atoms with Crippen molar-refractivity contribution in [1.82, 2.24) is 0 Å². The number of halogens is 2. The van der Waals surface area contributed by atoms with E-state index in [9.17, 15) is 4.39 Å². The molecule has 0 saturated carbocycles. The van der Waals surface area contributed by atoms with E-state index in [0.717, 1.165) is 0 Å². The molecule has 0 aliphatic heterocycles. The molecule has 0 amide bonds. The van der Waals surface area contributed by atoms with Gasteiger partial charge in [0.15, 0.2) is 0 Å². The molecule has 2 nitrogen and oxygen atoms in total. The van der Waals surface area contributed by atoms with Crippen molar-refractivity contribution in [2.45, 2.75) is 26.8 Å². The van der Waals surface area contributed by atoms with Crippen LogP contribution in [0.4, 0.5) is 15.8 Å². The average molecular weight is 245 g/mol. The summed E-state index contributed by atoms with van der Waals surface area (Å²) in [5.41, 5.74) is 7.02. The van der Waals surface area contributed by atoms with E-state index in [4.69, 9.17) is 17.3 Å². The van der Waals surface area contributed by atoms with E-state index in [-0.39, 0.29) is 11.1 Å². The Hall–Kier alpha value is -0.960. The molecular formula is C12H18ClFN2. The maximum Gasteiger partial charge on any atom is 0.144 e. The van der Waals surface area contributed by atoms with Crippen molar-refractivity contribution >= 4 is 23.0 Å². The molecule has 0 spiro atoms. The molecule has 2 N–H and O–H groups in total. The lowest BCUT2D eigenvalue weighted by atomic mass is 10.0. The number of benzene rings is 1. The predicted octanol–water partition coefficient (Wildman–Crippen LogP) is 3.54. The van der Waals surface area contributed by atoms with Gasteiger partial charge in [0.25, 0.3) is 0 Å². The molecule has 1 rings (SSSR count). The van der Waals surface area contributed by atoms with Gasteiger partial charge in [-0.3, -0.25) is 0 Å². The van der Waals surface area contributed by atoms with Gasteiger partial charge in [0.1, 0.15) is 5.82 Å². The first kappa shape index (κ1) is 13.1. The van der Waals surface area contributed by atoms with Gasteiger partial charge in [-0.2, -0.15) is 0 Å². The fourth-order valence-electron chi connectivity index (χ4n) is 1.52. The van der Waals surface area contributed by atoms with Crippen LogP contribution >= 0.6 is 11.6 Å². The summed E-state index contributed by atoms with van der Waals surface area (Å²) in [5.74, 6) is 0.0248. The lowest BCUT2D eigenvalue weighted by molar-refractivity contribution is 0.505. The summed E-state index contributed by atoms with van der Waals surface area (Å²) in [5, 5.41) is 0.0619. The van der Waals surface area contributed by atoms with Gasteiger partial charge in [-0.25, -0.2) is 4.39 Å². The molecule has 0 radical (unpaired) electrons. The van der Waals surface area contributed by atoms with Crippen LogP contribution in [0.3, 0.4) is 0 Å². The number of nitrogen functional groups attached to an aromatic ring is 1. The third-order valence-electron chi connectivity index (χ3n) is 3.03. The quantitative estimate of drug-likeness (QED) is 0.824. The van der Waals surface area contributed by atoms with Crippen LogP contribution in [-0.2, 0) is 0 Å². The molecule has 0 heterocycles. The van der Waals surface area contributed by atoms with E-state index in [1.807, 2.05) is 11.9 Å². The van der Waals surface area contributed by atoms with E-state index in [0.29, 0.717) is 17.3 Å². The Morgan fingerprint density at radius 3 is 2.38 bits per heavy atom. The maximum atomic E-state index is 13.4. The number of rotatable bonds is 3. The zero-order valence-corrected chi connectivity index (χ0v) is 10.8. The minimum absolute atomic E-state index is 0.0619. The summed E-state index contributed by atoms with van der Waals surface area (Å²) in [6, 6.07) is 3.12. The van der Waals surface area contributed by atoms with Gasteiger partial charge in [-0.1, -0.05) is 25.4 Å².